The number of halogens is 1. The number of hydrogen-bond acceptors (Lipinski definition) is 3. The summed E-state index contributed by atoms with van der Waals surface area (Å²) in [7, 11) is 1.80. The number of amides is 1. The van der Waals surface area contributed by atoms with Gasteiger partial charge in [0.1, 0.15) is 0 Å². The molecule has 6 heteroatoms. The van der Waals surface area contributed by atoms with Crippen LogP contribution in [0.15, 0.2) is 24.3 Å². The lowest BCUT2D eigenvalue weighted by Gasteiger charge is -2.32. The molecule has 1 fully saturated rings. The van der Waals surface area contributed by atoms with Gasteiger partial charge in [0.05, 0.1) is 18.5 Å². The zero-order valence-electron chi connectivity index (χ0n) is 13.5. The minimum Gasteiger partial charge on any atom is -0.481 e. The average molecular weight is 339 g/mol. The second-order valence-corrected chi connectivity index (χ2v) is 6.56. The lowest BCUT2D eigenvalue weighted by Crippen LogP contribution is -2.43. The van der Waals surface area contributed by atoms with Crippen LogP contribution in [-0.2, 0) is 9.59 Å². The fraction of sp³-hybridized carbons (Fsp3) is 0.529. The van der Waals surface area contributed by atoms with E-state index in [4.69, 9.17) is 16.7 Å². The molecular formula is C17H23ClN2O3. The second kappa shape index (κ2) is 7.79. The van der Waals surface area contributed by atoms with Crippen LogP contribution in [0.3, 0.4) is 0 Å². The number of piperidine rings is 1. The summed E-state index contributed by atoms with van der Waals surface area (Å²) >= 11 is 5.89. The van der Waals surface area contributed by atoms with Crippen molar-refractivity contribution in [2.24, 2.45) is 5.92 Å². The lowest BCUT2D eigenvalue weighted by molar-refractivity contribution is -0.143. The van der Waals surface area contributed by atoms with Crippen molar-refractivity contribution in [2.75, 3.05) is 26.7 Å². The van der Waals surface area contributed by atoms with Crippen LogP contribution in [0.2, 0.25) is 5.02 Å². The van der Waals surface area contributed by atoms with Crippen LogP contribution >= 0.6 is 11.6 Å². The van der Waals surface area contributed by atoms with Gasteiger partial charge in [-0.05, 0) is 50.6 Å². The van der Waals surface area contributed by atoms with Crippen molar-refractivity contribution < 1.29 is 14.7 Å². The van der Waals surface area contributed by atoms with Gasteiger partial charge in [-0.15, -0.1) is 0 Å². The first-order chi connectivity index (χ1) is 10.9. The quantitative estimate of drug-likeness (QED) is 0.896. The van der Waals surface area contributed by atoms with Crippen molar-refractivity contribution in [3.05, 3.63) is 34.9 Å². The molecule has 1 saturated heterocycles. The fourth-order valence-electron chi connectivity index (χ4n) is 2.82. The maximum absolute atomic E-state index is 12.5. The molecule has 1 aliphatic rings. The molecule has 126 valence electrons. The van der Waals surface area contributed by atoms with E-state index in [2.05, 4.69) is 0 Å². The van der Waals surface area contributed by atoms with Crippen LogP contribution in [0.5, 0.6) is 0 Å². The third kappa shape index (κ3) is 4.69. The Morgan fingerprint density at radius 3 is 2.39 bits per heavy atom. The third-order valence-corrected chi connectivity index (χ3v) is 4.87. The van der Waals surface area contributed by atoms with Gasteiger partial charge in [-0.1, -0.05) is 23.7 Å². The highest BCUT2D eigenvalue weighted by Crippen LogP contribution is 2.22. The van der Waals surface area contributed by atoms with Gasteiger partial charge in [-0.2, -0.15) is 0 Å². The normalized spacial score (nSPS) is 17.7. The zero-order valence-corrected chi connectivity index (χ0v) is 14.3. The number of benzene rings is 1. The minimum atomic E-state index is -0.732. The summed E-state index contributed by atoms with van der Waals surface area (Å²) in [5, 5.41) is 9.69. The summed E-state index contributed by atoms with van der Waals surface area (Å²) in [4.78, 5) is 27.2. The molecule has 1 N–H and O–H groups in total. The Bertz CT molecular complexity index is 553. The van der Waals surface area contributed by atoms with Crippen LogP contribution in [0.25, 0.3) is 0 Å². The first-order valence-electron chi connectivity index (χ1n) is 7.84. The number of carboxylic acid groups (broad SMARTS) is 1. The molecule has 0 bridgehead atoms. The van der Waals surface area contributed by atoms with Crippen LogP contribution in [0.4, 0.5) is 0 Å². The van der Waals surface area contributed by atoms with Crippen LogP contribution in [0, 0.1) is 5.92 Å². The second-order valence-electron chi connectivity index (χ2n) is 6.12. The number of hydrogen-bond donors (Lipinski definition) is 1. The molecule has 1 heterocycles. The molecule has 1 atom stereocenters. The Labute approximate surface area is 141 Å². The number of aliphatic carboxylic acids is 1. The highest BCUT2D eigenvalue weighted by Gasteiger charge is 2.27. The largest absolute Gasteiger partial charge is 0.481 e. The first-order valence-corrected chi connectivity index (χ1v) is 8.22. The number of carboxylic acids is 1. The van der Waals surface area contributed by atoms with Gasteiger partial charge in [-0.3, -0.25) is 14.5 Å². The molecule has 5 nitrogen and oxygen atoms in total. The lowest BCUT2D eigenvalue weighted by atomic mass is 9.97. The fourth-order valence-corrected chi connectivity index (χ4v) is 2.95. The van der Waals surface area contributed by atoms with E-state index in [1.165, 1.54) is 0 Å². The molecule has 1 aromatic carbocycles. The summed E-state index contributed by atoms with van der Waals surface area (Å²) in [5.74, 6) is -0.960. The molecule has 1 aromatic rings. The standard InChI is InChI=1S/C17H23ClN2O3/c1-12(13-3-5-15(18)6-4-13)19(2)16(21)11-20-9-7-14(8-10-20)17(22)23/h3-6,12,14H,7-11H2,1-2H3,(H,22,23). The van der Waals surface area contributed by atoms with E-state index in [1.54, 1.807) is 11.9 Å². The van der Waals surface area contributed by atoms with E-state index in [1.807, 2.05) is 36.1 Å². The van der Waals surface area contributed by atoms with Gasteiger partial charge in [0.25, 0.3) is 0 Å². The molecule has 0 aromatic heterocycles. The predicted octanol–water partition coefficient (Wildman–Crippen LogP) is 2.66. The Kier molecular flexibility index (Phi) is 6.02. The molecule has 0 saturated carbocycles. The predicted molar refractivity (Wildman–Crippen MR) is 89.4 cm³/mol. The van der Waals surface area contributed by atoms with Crippen molar-refractivity contribution in [1.82, 2.24) is 9.80 Å². The van der Waals surface area contributed by atoms with Gasteiger partial charge in [0, 0.05) is 12.1 Å². The van der Waals surface area contributed by atoms with Gasteiger partial charge in [-0.25, -0.2) is 0 Å². The number of nitrogens with zero attached hydrogens (tertiary/aromatic N) is 2. The number of likely N-dealkylation sites (tertiary alicyclic amines) is 1. The third-order valence-electron chi connectivity index (χ3n) is 4.62. The molecule has 2 rings (SSSR count). The number of rotatable bonds is 5. The molecule has 1 aliphatic heterocycles. The Morgan fingerprint density at radius 2 is 1.87 bits per heavy atom. The number of likely N-dealkylation sites (N-methyl/N-ethyl adjacent to an activating group) is 1. The van der Waals surface area contributed by atoms with E-state index < -0.39 is 5.97 Å². The highest BCUT2D eigenvalue weighted by molar-refractivity contribution is 6.30. The topological polar surface area (TPSA) is 60.9 Å². The molecule has 0 aliphatic carbocycles. The monoisotopic (exact) mass is 338 g/mol. The van der Waals surface area contributed by atoms with E-state index in [9.17, 15) is 9.59 Å². The number of carbonyl (C=O) groups is 2. The maximum atomic E-state index is 12.5. The Balaban J connectivity index is 1.87. The van der Waals surface area contributed by atoms with Crippen LogP contribution in [-0.4, -0.2) is 53.5 Å². The average Bonchev–Trinajstić information content (AvgIpc) is 2.54. The van der Waals surface area contributed by atoms with Crippen LogP contribution in [0.1, 0.15) is 31.4 Å². The van der Waals surface area contributed by atoms with Crippen molar-refractivity contribution in [3.8, 4) is 0 Å². The molecule has 1 unspecified atom stereocenters. The Morgan fingerprint density at radius 1 is 1.30 bits per heavy atom. The summed E-state index contributed by atoms with van der Waals surface area (Å²) in [6.45, 7) is 3.64. The first kappa shape index (κ1) is 17.8. The molecule has 1 amide bonds. The van der Waals surface area contributed by atoms with Crippen molar-refractivity contribution in [2.45, 2.75) is 25.8 Å². The zero-order chi connectivity index (χ0) is 17.0. The highest BCUT2D eigenvalue weighted by atomic mass is 35.5. The summed E-state index contributed by atoms with van der Waals surface area (Å²) < 4.78 is 0. The summed E-state index contributed by atoms with van der Waals surface area (Å²) in [6, 6.07) is 7.46. The molecular weight excluding hydrogens is 316 g/mol. The summed E-state index contributed by atoms with van der Waals surface area (Å²) in [6.07, 6.45) is 1.22. The van der Waals surface area contributed by atoms with Crippen LogP contribution < -0.4 is 0 Å². The van der Waals surface area contributed by atoms with Crippen molar-refractivity contribution in [3.63, 3.8) is 0 Å². The number of carbonyl (C=O) groups excluding carboxylic acids is 1. The van der Waals surface area contributed by atoms with Gasteiger partial charge in [0.15, 0.2) is 0 Å². The van der Waals surface area contributed by atoms with Gasteiger partial charge < -0.3 is 10.0 Å². The maximum Gasteiger partial charge on any atom is 0.306 e. The molecule has 0 radical (unpaired) electrons. The molecule has 0 spiro atoms. The van der Waals surface area contributed by atoms with E-state index >= 15 is 0 Å². The van der Waals surface area contributed by atoms with E-state index in [0.717, 1.165) is 5.56 Å². The van der Waals surface area contributed by atoms with Gasteiger partial charge in [0.2, 0.25) is 5.91 Å². The SMILES string of the molecule is CC(c1ccc(Cl)cc1)N(C)C(=O)CN1CCC(C(=O)O)CC1. The van der Waals surface area contributed by atoms with Crippen molar-refractivity contribution >= 4 is 23.5 Å². The molecule has 23 heavy (non-hydrogen) atoms. The Hall–Kier alpha value is -1.59. The van der Waals surface area contributed by atoms with Gasteiger partial charge >= 0.3 is 5.97 Å². The minimum absolute atomic E-state index is 0.0312. The van der Waals surface area contributed by atoms with E-state index in [-0.39, 0.29) is 17.9 Å². The van der Waals surface area contributed by atoms with E-state index in [0.29, 0.717) is 37.5 Å². The smallest absolute Gasteiger partial charge is 0.306 e. The van der Waals surface area contributed by atoms with Crippen molar-refractivity contribution in [1.29, 1.82) is 0 Å². The summed E-state index contributed by atoms with van der Waals surface area (Å²) in [5.41, 5.74) is 1.04.